The molecular formula is C15H17N5O4. The fourth-order valence-corrected chi connectivity index (χ4v) is 2.23. The van der Waals surface area contributed by atoms with Crippen LogP contribution in [0.4, 0.5) is 17.5 Å². The molecule has 0 amide bonds. The third-order valence-corrected chi connectivity index (χ3v) is 3.44. The first-order valence-electron chi connectivity index (χ1n) is 7.38. The molecule has 24 heavy (non-hydrogen) atoms. The van der Waals surface area contributed by atoms with Crippen LogP contribution in [0.1, 0.15) is 17.3 Å². The van der Waals surface area contributed by atoms with Crippen molar-refractivity contribution < 1.29 is 14.4 Å². The summed E-state index contributed by atoms with van der Waals surface area (Å²) in [6.45, 7) is 2.36. The SMILES string of the molecule is CCOCn1c(N)nc2c(c1=O)NCN2OC(=O)c1ccccc1. The van der Waals surface area contributed by atoms with Gasteiger partial charge in [0, 0.05) is 6.61 Å². The Hall–Kier alpha value is -3.07. The van der Waals surface area contributed by atoms with E-state index in [2.05, 4.69) is 10.3 Å². The zero-order valence-corrected chi connectivity index (χ0v) is 13.1. The van der Waals surface area contributed by atoms with Crippen molar-refractivity contribution in [1.29, 1.82) is 0 Å². The van der Waals surface area contributed by atoms with E-state index in [1.165, 1.54) is 9.63 Å². The number of anilines is 3. The number of benzene rings is 1. The zero-order valence-electron chi connectivity index (χ0n) is 13.1. The van der Waals surface area contributed by atoms with Gasteiger partial charge < -0.3 is 20.6 Å². The minimum Gasteiger partial charge on any atom is -0.369 e. The van der Waals surface area contributed by atoms with E-state index in [1.54, 1.807) is 30.3 Å². The Morgan fingerprint density at radius 1 is 1.38 bits per heavy atom. The van der Waals surface area contributed by atoms with Crippen molar-refractivity contribution in [3.05, 3.63) is 46.2 Å². The number of nitrogens with zero attached hydrogens (tertiary/aromatic N) is 3. The first-order chi connectivity index (χ1) is 11.6. The Morgan fingerprint density at radius 2 is 2.12 bits per heavy atom. The molecule has 1 aliphatic heterocycles. The Balaban J connectivity index is 1.85. The van der Waals surface area contributed by atoms with Gasteiger partial charge in [-0.3, -0.25) is 9.36 Å². The number of hydroxylamine groups is 1. The second-order valence-corrected chi connectivity index (χ2v) is 4.98. The summed E-state index contributed by atoms with van der Waals surface area (Å²) in [4.78, 5) is 34.0. The first kappa shape index (κ1) is 15.8. The lowest BCUT2D eigenvalue weighted by atomic mass is 10.2. The smallest absolute Gasteiger partial charge is 0.363 e. The van der Waals surface area contributed by atoms with Crippen LogP contribution in [0.2, 0.25) is 0 Å². The van der Waals surface area contributed by atoms with Crippen LogP contribution in [0.3, 0.4) is 0 Å². The molecule has 2 aromatic rings. The second-order valence-electron chi connectivity index (χ2n) is 4.98. The van der Waals surface area contributed by atoms with Gasteiger partial charge >= 0.3 is 5.97 Å². The quantitative estimate of drug-likeness (QED) is 0.827. The summed E-state index contributed by atoms with van der Waals surface area (Å²) in [7, 11) is 0. The Kier molecular flexibility index (Phi) is 4.34. The number of ether oxygens (including phenoxy) is 1. The standard InChI is InChI=1S/C15H17N5O4/c1-2-23-9-19-13(21)11-12(18-15(19)16)20(8-17-11)24-14(22)10-6-4-3-5-7-10/h3-7,17H,2,8-9H2,1H3,(H2,16,18). The molecule has 126 valence electrons. The number of hydrogen-bond acceptors (Lipinski definition) is 8. The lowest BCUT2D eigenvalue weighted by Gasteiger charge is -2.16. The van der Waals surface area contributed by atoms with Crippen LogP contribution in [0.15, 0.2) is 35.1 Å². The summed E-state index contributed by atoms with van der Waals surface area (Å²) in [6, 6.07) is 8.53. The van der Waals surface area contributed by atoms with Gasteiger partial charge in [0.25, 0.3) is 5.56 Å². The van der Waals surface area contributed by atoms with E-state index in [-0.39, 0.29) is 36.4 Å². The summed E-state index contributed by atoms with van der Waals surface area (Å²) in [6.07, 6.45) is 0. The Labute approximate surface area is 137 Å². The molecule has 9 heteroatoms. The predicted octanol–water partition coefficient (Wildman–Crippen LogP) is 0.781. The molecule has 9 nitrogen and oxygen atoms in total. The van der Waals surface area contributed by atoms with E-state index in [4.69, 9.17) is 15.3 Å². The lowest BCUT2D eigenvalue weighted by molar-refractivity contribution is 0.0461. The molecule has 2 heterocycles. The van der Waals surface area contributed by atoms with Crippen LogP contribution in [-0.2, 0) is 16.3 Å². The molecule has 0 aliphatic carbocycles. The largest absolute Gasteiger partial charge is 0.369 e. The van der Waals surface area contributed by atoms with Gasteiger partial charge in [0.1, 0.15) is 19.1 Å². The van der Waals surface area contributed by atoms with E-state index in [1.807, 2.05) is 6.92 Å². The second kappa shape index (κ2) is 6.59. The maximum atomic E-state index is 12.4. The van der Waals surface area contributed by atoms with Crippen LogP contribution < -0.4 is 21.7 Å². The first-order valence-corrected chi connectivity index (χ1v) is 7.38. The Bertz CT molecular complexity index is 806. The fourth-order valence-electron chi connectivity index (χ4n) is 2.23. The number of aromatic nitrogens is 2. The number of fused-ring (bicyclic) bond motifs is 1. The number of nitrogen functional groups attached to an aromatic ring is 1. The minimum atomic E-state index is -0.552. The highest BCUT2D eigenvalue weighted by Crippen LogP contribution is 2.27. The van der Waals surface area contributed by atoms with Crippen molar-refractivity contribution in [1.82, 2.24) is 9.55 Å². The van der Waals surface area contributed by atoms with Crippen molar-refractivity contribution in [2.24, 2.45) is 0 Å². The topological polar surface area (TPSA) is 112 Å². The zero-order chi connectivity index (χ0) is 17.1. The molecule has 0 radical (unpaired) electrons. The molecule has 0 saturated carbocycles. The summed E-state index contributed by atoms with van der Waals surface area (Å²) in [5.41, 5.74) is 6.04. The van der Waals surface area contributed by atoms with Gasteiger partial charge in [0.15, 0.2) is 5.82 Å². The molecule has 0 atom stereocenters. The number of nitrogens with two attached hydrogens (primary N) is 1. The molecule has 0 spiro atoms. The van der Waals surface area contributed by atoms with E-state index in [0.717, 1.165) is 0 Å². The number of carbonyl (C=O) groups excluding carboxylic acids is 1. The molecule has 1 aromatic carbocycles. The maximum absolute atomic E-state index is 12.4. The van der Waals surface area contributed by atoms with Gasteiger partial charge in [0.05, 0.1) is 5.56 Å². The van der Waals surface area contributed by atoms with Crippen molar-refractivity contribution in [3.63, 3.8) is 0 Å². The molecule has 1 aliphatic rings. The van der Waals surface area contributed by atoms with Crippen LogP contribution >= 0.6 is 0 Å². The highest BCUT2D eigenvalue weighted by Gasteiger charge is 2.29. The molecule has 0 fully saturated rings. The van der Waals surface area contributed by atoms with Crippen molar-refractivity contribution >= 4 is 23.4 Å². The molecular weight excluding hydrogens is 314 g/mol. The van der Waals surface area contributed by atoms with Crippen LogP contribution in [0.5, 0.6) is 0 Å². The van der Waals surface area contributed by atoms with Gasteiger partial charge in [0.2, 0.25) is 5.95 Å². The molecule has 0 saturated heterocycles. The number of hydrogen-bond donors (Lipinski definition) is 2. The van der Waals surface area contributed by atoms with Crippen molar-refractivity contribution in [3.8, 4) is 0 Å². The van der Waals surface area contributed by atoms with E-state index < -0.39 is 5.97 Å². The van der Waals surface area contributed by atoms with Crippen molar-refractivity contribution in [2.75, 3.05) is 29.4 Å². The molecule has 1 aromatic heterocycles. The lowest BCUT2D eigenvalue weighted by Crippen LogP contribution is -2.28. The van der Waals surface area contributed by atoms with Crippen LogP contribution in [-0.4, -0.2) is 28.8 Å². The van der Waals surface area contributed by atoms with E-state index >= 15 is 0 Å². The fraction of sp³-hybridized carbons (Fsp3) is 0.267. The van der Waals surface area contributed by atoms with E-state index in [9.17, 15) is 9.59 Å². The van der Waals surface area contributed by atoms with Gasteiger partial charge in [-0.1, -0.05) is 18.2 Å². The number of rotatable bonds is 5. The van der Waals surface area contributed by atoms with Gasteiger partial charge in [-0.05, 0) is 19.1 Å². The third kappa shape index (κ3) is 2.88. The highest BCUT2D eigenvalue weighted by molar-refractivity contribution is 5.90. The van der Waals surface area contributed by atoms with Gasteiger partial charge in [-0.2, -0.15) is 10.0 Å². The molecule has 0 unspecified atom stereocenters. The number of nitrogens with one attached hydrogen (secondary N) is 1. The third-order valence-electron chi connectivity index (χ3n) is 3.44. The summed E-state index contributed by atoms with van der Waals surface area (Å²) in [5.74, 6) is -0.393. The minimum absolute atomic E-state index is 0.00687. The number of carbonyl (C=O) groups is 1. The average Bonchev–Trinajstić information content (AvgIpc) is 2.98. The predicted molar refractivity (Wildman–Crippen MR) is 87.4 cm³/mol. The average molecular weight is 331 g/mol. The summed E-state index contributed by atoms with van der Waals surface area (Å²) in [5, 5.41) is 4.06. The van der Waals surface area contributed by atoms with E-state index in [0.29, 0.717) is 12.2 Å². The maximum Gasteiger partial charge on any atom is 0.363 e. The summed E-state index contributed by atoms with van der Waals surface area (Å²) < 4.78 is 6.41. The molecule has 3 N–H and O–H groups in total. The van der Waals surface area contributed by atoms with Gasteiger partial charge in [-0.15, -0.1) is 0 Å². The van der Waals surface area contributed by atoms with Crippen molar-refractivity contribution in [2.45, 2.75) is 13.7 Å². The monoisotopic (exact) mass is 331 g/mol. The molecule has 3 rings (SSSR count). The van der Waals surface area contributed by atoms with Crippen LogP contribution in [0.25, 0.3) is 0 Å². The Morgan fingerprint density at radius 3 is 2.83 bits per heavy atom. The molecule has 0 bridgehead atoms. The highest BCUT2D eigenvalue weighted by atomic mass is 16.7. The summed E-state index contributed by atoms with van der Waals surface area (Å²) >= 11 is 0. The van der Waals surface area contributed by atoms with Crippen LogP contribution in [0, 0.1) is 0 Å². The van der Waals surface area contributed by atoms with Gasteiger partial charge in [-0.25, -0.2) is 4.79 Å². The normalized spacial score (nSPS) is 12.6.